The summed E-state index contributed by atoms with van der Waals surface area (Å²) in [6.45, 7) is 0.0786. The van der Waals surface area contributed by atoms with Crippen LogP contribution in [0.15, 0.2) is 78.9 Å². The maximum Gasteiger partial charge on any atom is 0.490 e. The first kappa shape index (κ1) is 21.9. The van der Waals surface area contributed by atoms with E-state index in [9.17, 15) is 19.6 Å². The summed E-state index contributed by atoms with van der Waals surface area (Å²) in [5.74, 6) is 0. The second-order valence-corrected chi connectivity index (χ2v) is 6.52. The fourth-order valence-corrected chi connectivity index (χ4v) is 2.76. The summed E-state index contributed by atoms with van der Waals surface area (Å²) < 4.78 is 10.4. The molecule has 3 aromatic carbocycles. The fraction of sp³-hybridized carbons (Fsp3) is 0.0909. The zero-order valence-electron chi connectivity index (χ0n) is 16.5. The number of ether oxygens (including phenoxy) is 2. The molecule has 9 heteroatoms. The number of carbonyl (C=O) groups excluding carboxylic acids is 2. The standard InChI is InChI=1S/C22H21BN2O6/c26-21(30-14-16-8-3-1-4-9-16)24-19-13-7-12-18(23(28)29)20(19)25-22(27)31-15-17-10-5-2-6-11-17/h1-13,28-29H,14-15H2,(H,24,26)(H,25,27). The molecule has 0 heterocycles. The lowest BCUT2D eigenvalue weighted by atomic mass is 9.78. The highest BCUT2D eigenvalue weighted by Gasteiger charge is 2.22. The molecule has 0 fully saturated rings. The summed E-state index contributed by atoms with van der Waals surface area (Å²) in [4.78, 5) is 24.5. The van der Waals surface area contributed by atoms with Gasteiger partial charge in [-0.3, -0.25) is 10.6 Å². The first-order valence-corrected chi connectivity index (χ1v) is 9.47. The van der Waals surface area contributed by atoms with E-state index in [1.165, 1.54) is 18.2 Å². The highest BCUT2D eigenvalue weighted by atomic mass is 16.6. The minimum Gasteiger partial charge on any atom is -0.444 e. The summed E-state index contributed by atoms with van der Waals surface area (Å²) >= 11 is 0. The van der Waals surface area contributed by atoms with Crippen molar-refractivity contribution in [3.05, 3.63) is 90.0 Å². The van der Waals surface area contributed by atoms with Crippen LogP contribution in [-0.2, 0) is 22.7 Å². The molecule has 158 valence electrons. The van der Waals surface area contributed by atoms with Gasteiger partial charge in [0.05, 0.1) is 11.4 Å². The Balaban J connectivity index is 1.67. The predicted molar refractivity (Wildman–Crippen MR) is 117 cm³/mol. The molecule has 0 aliphatic carbocycles. The molecule has 0 aliphatic heterocycles. The van der Waals surface area contributed by atoms with Crippen molar-refractivity contribution >= 4 is 36.1 Å². The largest absolute Gasteiger partial charge is 0.490 e. The lowest BCUT2D eigenvalue weighted by Gasteiger charge is -2.16. The van der Waals surface area contributed by atoms with E-state index in [1.807, 2.05) is 48.5 Å². The quantitative estimate of drug-likeness (QED) is 0.437. The Morgan fingerprint density at radius 3 is 1.74 bits per heavy atom. The van der Waals surface area contributed by atoms with E-state index in [1.54, 1.807) is 12.1 Å². The molecule has 0 aromatic heterocycles. The number of rotatable bonds is 7. The number of nitrogens with one attached hydrogen (secondary N) is 2. The van der Waals surface area contributed by atoms with Gasteiger partial charge >= 0.3 is 19.3 Å². The van der Waals surface area contributed by atoms with Crippen LogP contribution in [0.1, 0.15) is 11.1 Å². The van der Waals surface area contributed by atoms with Crippen LogP contribution in [0.5, 0.6) is 0 Å². The Morgan fingerprint density at radius 2 is 1.23 bits per heavy atom. The van der Waals surface area contributed by atoms with Gasteiger partial charge in [0.2, 0.25) is 0 Å². The molecular formula is C22H21BN2O6. The number of amides is 2. The highest BCUT2D eigenvalue weighted by Crippen LogP contribution is 2.21. The average molecular weight is 420 g/mol. The van der Waals surface area contributed by atoms with Gasteiger partial charge in [-0.05, 0) is 17.2 Å². The van der Waals surface area contributed by atoms with Crippen LogP contribution < -0.4 is 16.1 Å². The number of hydrogen-bond acceptors (Lipinski definition) is 6. The van der Waals surface area contributed by atoms with Crippen LogP contribution >= 0.6 is 0 Å². The third-order valence-electron chi connectivity index (χ3n) is 4.26. The van der Waals surface area contributed by atoms with E-state index < -0.39 is 19.3 Å². The maximum atomic E-state index is 12.3. The first-order chi connectivity index (χ1) is 15.0. The van der Waals surface area contributed by atoms with Crippen molar-refractivity contribution in [1.82, 2.24) is 0 Å². The maximum absolute atomic E-state index is 12.3. The van der Waals surface area contributed by atoms with E-state index in [4.69, 9.17) is 9.47 Å². The van der Waals surface area contributed by atoms with Crippen LogP contribution in [0.25, 0.3) is 0 Å². The number of benzene rings is 3. The fourth-order valence-electron chi connectivity index (χ4n) is 2.76. The third-order valence-corrected chi connectivity index (χ3v) is 4.26. The molecule has 0 spiro atoms. The van der Waals surface area contributed by atoms with Gasteiger partial charge in [-0.15, -0.1) is 0 Å². The van der Waals surface area contributed by atoms with Crippen molar-refractivity contribution in [1.29, 1.82) is 0 Å². The average Bonchev–Trinajstić information content (AvgIpc) is 2.78. The predicted octanol–water partition coefficient (Wildman–Crippen LogP) is 2.86. The van der Waals surface area contributed by atoms with Gasteiger partial charge in [0.25, 0.3) is 0 Å². The zero-order chi connectivity index (χ0) is 22.1. The topological polar surface area (TPSA) is 117 Å². The van der Waals surface area contributed by atoms with Crippen molar-refractivity contribution in [2.75, 3.05) is 10.6 Å². The molecule has 3 rings (SSSR count). The van der Waals surface area contributed by atoms with Gasteiger partial charge < -0.3 is 19.5 Å². The van der Waals surface area contributed by atoms with Crippen LogP contribution in [-0.4, -0.2) is 29.4 Å². The molecule has 0 saturated heterocycles. The SMILES string of the molecule is O=C(Nc1cccc(B(O)O)c1NC(=O)OCc1ccccc1)OCc1ccccc1. The number of carbonyl (C=O) groups is 2. The Kier molecular flexibility index (Phi) is 7.64. The highest BCUT2D eigenvalue weighted by molar-refractivity contribution is 6.61. The van der Waals surface area contributed by atoms with E-state index in [0.717, 1.165) is 11.1 Å². The van der Waals surface area contributed by atoms with Gasteiger partial charge in [0, 0.05) is 5.46 Å². The molecule has 3 aromatic rings. The molecule has 0 unspecified atom stereocenters. The van der Waals surface area contributed by atoms with E-state index in [2.05, 4.69) is 10.6 Å². The molecule has 0 radical (unpaired) electrons. The number of para-hydroxylation sites is 1. The number of anilines is 2. The van der Waals surface area contributed by atoms with E-state index in [-0.39, 0.29) is 30.1 Å². The minimum atomic E-state index is -1.88. The molecule has 8 nitrogen and oxygen atoms in total. The second-order valence-electron chi connectivity index (χ2n) is 6.52. The molecule has 0 aliphatic rings. The Labute approximate surface area is 179 Å². The minimum absolute atomic E-state index is 0.00720. The Morgan fingerprint density at radius 1 is 0.710 bits per heavy atom. The smallest absolute Gasteiger partial charge is 0.444 e. The van der Waals surface area contributed by atoms with Crippen molar-refractivity contribution < 1.29 is 29.1 Å². The van der Waals surface area contributed by atoms with Crippen molar-refractivity contribution in [3.63, 3.8) is 0 Å². The van der Waals surface area contributed by atoms with Gasteiger partial charge in [0.15, 0.2) is 0 Å². The Hall–Kier alpha value is -3.82. The van der Waals surface area contributed by atoms with Gasteiger partial charge in [0.1, 0.15) is 13.2 Å². The molecule has 0 bridgehead atoms. The molecule has 4 N–H and O–H groups in total. The van der Waals surface area contributed by atoms with Crippen LogP contribution in [0, 0.1) is 0 Å². The van der Waals surface area contributed by atoms with Crippen molar-refractivity contribution in [3.8, 4) is 0 Å². The van der Waals surface area contributed by atoms with Crippen molar-refractivity contribution in [2.45, 2.75) is 13.2 Å². The van der Waals surface area contributed by atoms with E-state index >= 15 is 0 Å². The van der Waals surface area contributed by atoms with Gasteiger partial charge in [-0.2, -0.15) is 0 Å². The zero-order valence-corrected chi connectivity index (χ0v) is 16.5. The van der Waals surface area contributed by atoms with E-state index in [0.29, 0.717) is 0 Å². The van der Waals surface area contributed by atoms with Crippen LogP contribution in [0.3, 0.4) is 0 Å². The summed E-state index contributed by atoms with van der Waals surface area (Å²) in [6.07, 6.45) is -1.59. The molecule has 31 heavy (non-hydrogen) atoms. The lowest BCUT2D eigenvalue weighted by molar-refractivity contribution is 0.154. The molecule has 0 atom stereocenters. The molecule has 2 amide bonds. The summed E-state index contributed by atoms with van der Waals surface area (Å²) in [6, 6.07) is 22.6. The molecule has 0 saturated carbocycles. The lowest BCUT2D eigenvalue weighted by Crippen LogP contribution is -2.34. The third kappa shape index (κ3) is 6.60. The monoisotopic (exact) mass is 420 g/mol. The normalized spacial score (nSPS) is 10.1. The summed E-state index contributed by atoms with van der Waals surface area (Å²) in [7, 11) is -1.88. The Bertz CT molecular complexity index is 1020. The second kappa shape index (κ2) is 10.8. The van der Waals surface area contributed by atoms with Gasteiger partial charge in [-0.1, -0.05) is 72.8 Å². The van der Waals surface area contributed by atoms with Gasteiger partial charge in [-0.25, -0.2) is 9.59 Å². The van der Waals surface area contributed by atoms with Crippen LogP contribution in [0.2, 0.25) is 0 Å². The summed E-state index contributed by atoms with van der Waals surface area (Å²) in [5, 5.41) is 24.3. The molecular weight excluding hydrogens is 399 g/mol. The first-order valence-electron chi connectivity index (χ1n) is 9.47. The van der Waals surface area contributed by atoms with Crippen LogP contribution in [0.4, 0.5) is 21.0 Å². The number of hydrogen-bond donors (Lipinski definition) is 4. The summed E-state index contributed by atoms with van der Waals surface area (Å²) in [5.41, 5.74) is 1.70. The van der Waals surface area contributed by atoms with Crippen molar-refractivity contribution in [2.24, 2.45) is 0 Å².